The number of hydrogen-bond donors (Lipinski definition) is 1. The van der Waals surface area contributed by atoms with E-state index in [4.69, 9.17) is 0 Å². The first-order chi connectivity index (χ1) is 13.0. The number of benzene rings is 2. The highest BCUT2D eigenvalue weighted by Gasteiger charge is 2.28. The van der Waals surface area contributed by atoms with Crippen LogP contribution in [-0.2, 0) is 4.79 Å². The van der Waals surface area contributed by atoms with Crippen molar-refractivity contribution in [2.45, 2.75) is 40.7 Å². The minimum atomic E-state index is -0.442. The van der Waals surface area contributed by atoms with Crippen LogP contribution in [0.3, 0.4) is 0 Å². The zero-order valence-electron chi connectivity index (χ0n) is 18.4. The van der Waals surface area contributed by atoms with E-state index in [0.717, 1.165) is 33.6 Å². The highest BCUT2D eigenvalue weighted by molar-refractivity contribution is 5.93. The van der Waals surface area contributed by atoms with E-state index in [1.807, 2.05) is 85.1 Å². The Labute approximate surface area is 180 Å². The Morgan fingerprint density at radius 1 is 1.00 bits per heavy atom. The summed E-state index contributed by atoms with van der Waals surface area (Å²) in [6.07, 6.45) is 0. The normalized spacial score (nSPS) is 12.9. The molecule has 0 saturated heterocycles. The monoisotopic (exact) mass is 417 g/mol. The third-order valence-electron chi connectivity index (χ3n) is 5.36. The van der Waals surface area contributed by atoms with Gasteiger partial charge in [0.15, 0.2) is 6.54 Å². The number of aryl methyl sites for hydroxylation is 4. The molecule has 0 spiro atoms. The molecule has 5 nitrogen and oxygen atoms in total. The van der Waals surface area contributed by atoms with Gasteiger partial charge in [-0.25, -0.2) is 0 Å². The first kappa shape index (κ1) is 24.7. The molecule has 2 aromatic carbocycles. The van der Waals surface area contributed by atoms with E-state index >= 15 is 0 Å². The molecule has 158 valence electrons. The Hall–Kier alpha value is -2.37. The molecular weight excluding hydrogens is 386 g/mol. The molecule has 0 saturated carbocycles. The van der Waals surface area contributed by atoms with Gasteiger partial charge in [-0.2, -0.15) is 0 Å². The number of nitrogens with zero attached hydrogens (tertiary/aromatic N) is 2. The van der Waals surface area contributed by atoms with Gasteiger partial charge in [-0.1, -0.05) is 36.4 Å². The molecule has 2 rings (SSSR count). The molecule has 0 radical (unpaired) electrons. The Balaban J connectivity index is 0.00000420. The maximum absolute atomic E-state index is 12.8. The van der Waals surface area contributed by atoms with Crippen LogP contribution in [0, 0.1) is 27.7 Å². The van der Waals surface area contributed by atoms with E-state index in [-0.39, 0.29) is 35.2 Å². The van der Waals surface area contributed by atoms with Gasteiger partial charge in [0, 0.05) is 11.6 Å². The van der Waals surface area contributed by atoms with Crippen LogP contribution in [-0.4, -0.2) is 43.0 Å². The number of rotatable bonds is 6. The number of nitrogens with one attached hydrogen (secondary N) is 1. The number of carbonyl (C=O) groups excluding carboxylic acids is 1. The third kappa shape index (κ3) is 6.05. The largest absolute Gasteiger partial charge is 0.858 e. The number of carbonyl (C=O) groups is 1. The lowest BCUT2D eigenvalue weighted by molar-refractivity contribution is -0.897. The molecular formula is C23H32ClN3O2. The SMILES string of the molecule is Cc1cccc(C)c1N=C([O-])C(C)[N+](C)(C)CC(=O)Nc1c(C)cccc1C.Cl. The summed E-state index contributed by atoms with van der Waals surface area (Å²) in [5.41, 5.74) is 5.55. The van der Waals surface area contributed by atoms with Crippen molar-refractivity contribution in [3.8, 4) is 0 Å². The van der Waals surface area contributed by atoms with Crippen molar-refractivity contribution in [1.82, 2.24) is 0 Å². The van der Waals surface area contributed by atoms with Gasteiger partial charge in [-0.05, 0) is 56.9 Å². The van der Waals surface area contributed by atoms with E-state index in [1.165, 1.54) is 0 Å². The van der Waals surface area contributed by atoms with Gasteiger partial charge >= 0.3 is 0 Å². The van der Waals surface area contributed by atoms with Crippen molar-refractivity contribution in [1.29, 1.82) is 0 Å². The number of anilines is 1. The lowest BCUT2D eigenvalue weighted by atomic mass is 10.1. The smallest absolute Gasteiger partial charge is 0.279 e. The van der Waals surface area contributed by atoms with Gasteiger partial charge in [0.05, 0.1) is 19.8 Å². The quantitative estimate of drug-likeness (QED) is 0.441. The van der Waals surface area contributed by atoms with Gasteiger partial charge < -0.3 is 14.9 Å². The van der Waals surface area contributed by atoms with Gasteiger partial charge in [0.25, 0.3) is 5.91 Å². The first-order valence-electron chi connectivity index (χ1n) is 9.53. The van der Waals surface area contributed by atoms with Crippen LogP contribution in [0.25, 0.3) is 0 Å². The summed E-state index contributed by atoms with van der Waals surface area (Å²) >= 11 is 0. The molecule has 6 heteroatoms. The van der Waals surface area contributed by atoms with Crippen molar-refractivity contribution in [2.75, 3.05) is 26.0 Å². The summed E-state index contributed by atoms with van der Waals surface area (Å²) < 4.78 is 0.226. The molecule has 1 unspecified atom stereocenters. The number of para-hydroxylation sites is 2. The number of likely N-dealkylation sites (N-methyl/N-ethyl adjacent to an activating group) is 1. The van der Waals surface area contributed by atoms with Crippen LogP contribution >= 0.6 is 12.4 Å². The van der Waals surface area contributed by atoms with Crippen LogP contribution in [0.5, 0.6) is 0 Å². The van der Waals surface area contributed by atoms with E-state index < -0.39 is 6.04 Å². The van der Waals surface area contributed by atoms with E-state index in [1.54, 1.807) is 0 Å². The summed E-state index contributed by atoms with van der Waals surface area (Å²) in [5, 5.41) is 15.8. The molecule has 1 N–H and O–H groups in total. The second-order valence-corrected chi connectivity index (χ2v) is 8.12. The maximum Gasteiger partial charge on any atom is 0.279 e. The van der Waals surface area contributed by atoms with Crippen molar-refractivity contribution < 1.29 is 14.4 Å². The minimum Gasteiger partial charge on any atom is -0.858 e. The summed E-state index contributed by atoms with van der Waals surface area (Å²) in [7, 11) is 3.76. The lowest BCUT2D eigenvalue weighted by Gasteiger charge is -2.38. The summed E-state index contributed by atoms with van der Waals surface area (Å²) in [6, 6.07) is 11.3. The Kier molecular flexibility index (Phi) is 8.42. The molecule has 0 aromatic heterocycles. The predicted molar refractivity (Wildman–Crippen MR) is 121 cm³/mol. The molecule has 0 bridgehead atoms. The Morgan fingerprint density at radius 2 is 1.45 bits per heavy atom. The molecule has 0 aliphatic heterocycles. The zero-order chi connectivity index (χ0) is 21.1. The topological polar surface area (TPSA) is 64.5 Å². The number of aliphatic imine (C=N–C) groups is 1. The minimum absolute atomic E-state index is 0. The Morgan fingerprint density at radius 3 is 1.93 bits per heavy atom. The van der Waals surface area contributed by atoms with E-state index in [9.17, 15) is 9.90 Å². The fourth-order valence-electron chi connectivity index (χ4n) is 3.18. The molecule has 1 amide bonds. The highest BCUT2D eigenvalue weighted by Crippen LogP contribution is 2.24. The lowest BCUT2D eigenvalue weighted by Crippen LogP contribution is -2.57. The Bertz CT molecular complexity index is 866. The van der Waals surface area contributed by atoms with Crippen LogP contribution in [0.4, 0.5) is 11.4 Å². The van der Waals surface area contributed by atoms with E-state index in [0.29, 0.717) is 0 Å². The van der Waals surface area contributed by atoms with Crippen LogP contribution in [0.1, 0.15) is 29.2 Å². The van der Waals surface area contributed by atoms with Crippen molar-refractivity contribution in [3.05, 3.63) is 58.7 Å². The van der Waals surface area contributed by atoms with Gasteiger partial charge in [0.1, 0.15) is 6.04 Å². The number of quaternary nitrogens is 1. The predicted octanol–water partition coefficient (Wildman–Crippen LogP) is 3.84. The van der Waals surface area contributed by atoms with E-state index in [2.05, 4.69) is 10.3 Å². The molecule has 29 heavy (non-hydrogen) atoms. The van der Waals surface area contributed by atoms with Crippen LogP contribution in [0.2, 0.25) is 0 Å². The summed E-state index contributed by atoms with van der Waals surface area (Å²) in [5.74, 6) is -0.337. The number of halogens is 1. The van der Waals surface area contributed by atoms with Gasteiger partial charge in [0.2, 0.25) is 0 Å². The zero-order valence-corrected chi connectivity index (χ0v) is 19.2. The standard InChI is InChI=1S/C23H31N3O2.ClH/c1-15-10-8-11-16(2)21(15)24-20(27)14-26(6,7)19(5)23(28)25-22-17(3)12-9-13-18(22)4;/h8-13,19H,14H2,1-7H3,(H-,24,25,27,28);1H. The summed E-state index contributed by atoms with van der Waals surface area (Å²) in [4.78, 5) is 17.0. The molecule has 2 aromatic rings. The maximum atomic E-state index is 12.8. The second kappa shape index (κ2) is 9.90. The molecule has 0 fully saturated rings. The number of hydrogen-bond acceptors (Lipinski definition) is 3. The van der Waals surface area contributed by atoms with Crippen LogP contribution < -0.4 is 10.4 Å². The molecule has 0 heterocycles. The average molecular weight is 418 g/mol. The number of amides is 1. The molecule has 1 atom stereocenters. The first-order valence-corrected chi connectivity index (χ1v) is 9.53. The average Bonchev–Trinajstić information content (AvgIpc) is 2.60. The second-order valence-electron chi connectivity index (χ2n) is 8.12. The van der Waals surface area contributed by atoms with Crippen molar-refractivity contribution >= 4 is 35.6 Å². The fourth-order valence-corrected chi connectivity index (χ4v) is 3.18. The third-order valence-corrected chi connectivity index (χ3v) is 5.36. The fraction of sp³-hybridized carbons (Fsp3) is 0.391. The van der Waals surface area contributed by atoms with Crippen LogP contribution in [0.15, 0.2) is 41.4 Å². The van der Waals surface area contributed by atoms with Crippen molar-refractivity contribution in [3.63, 3.8) is 0 Å². The summed E-state index contributed by atoms with van der Waals surface area (Å²) in [6.45, 7) is 9.84. The van der Waals surface area contributed by atoms with Crippen molar-refractivity contribution in [2.24, 2.45) is 4.99 Å². The highest BCUT2D eigenvalue weighted by atomic mass is 35.5. The van der Waals surface area contributed by atoms with Gasteiger partial charge in [-0.15, -0.1) is 12.4 Å². The molecule has 0 aliphatic rings. The van der Waals surface area contributed by atoms with Gasteiger partial charge in [-0.3, -0.25) is 9.79 Å². The molecule has 0 aliphatic carbocycles.